The van der Waals surface area contributed by atoms with Crippen LogP contribution in [0.25, 0.3) is 11.1 Å². The van der Waals surface area contributed by atoms with E-state index in [0.29, 0.717) is 18.7 Å². The molecule has 32 heavy (non-hydrogen) atoms. The van der Waals surface area contributed by atoms with Crippen molar-refractivity contribution < 1.29 is 19.1 Å². The Kier molecular flexibility index (Phi) is 8.83. The number of alkyl carbamates (subject to hydrolysis) is 1. The minimum Gasteiger partial charge on any atom is -0.445 e. The predicted molar refractivity (Wildman–Crippen MR) is 124 cm³/mol. The molecule has 2 N–H and O–H groups in total. The first-order valence-corrected chi connectivity index (χ1v) is 10.6. The molecule has 0 radical (unpaired) electrons. The van der Waals surface area contributed by atoms with E-state index >= 15 is 0 Å². The van der Waals surface area contributed by atoms with E-state index in [4.69, 9.17) is 9.47 Å². The molecule has 0 unspecified atom stereocenters. The molecule has 0 saturated heterocycles. The minimum absolute atomic E-state index is 0.137. The van der Waals surface area contributed by atoms with Gasteiger partial charge in [-0.25, -0.2) is 4.79 Å². The Bertz CT molecular complexity index is 1020. The lowest BCUT2D eigenvalue weighted by Crippen LogP contribution is -2.26. The van der Waals surface area contributed by atoms with Gasteiger partial charge in [0.2, 0.25) is 0 Å². The largest absolute Gasteiger partial charge is 0.445 e. The first-order chi connectivity index (χ1) is 15.7. The summed E-state index contributed by atoms with van der Waals surface area (Å²) in [5.74, 6) is -0.137. The zero-order valence-electron chi connectivity index (χ0n) is 18.2. The summed E-state index contributed by atoms with van der Waals surface area (Å²) < 4.78 is 10.3. The standard InChI is InChI=1S/C26H28N2O4/c1-31-17-9-16-27-25(29)24-15-8-7-14-23(24)22-13-6-5-12-21(22)18-28-26(30)32-19-20-10-3-2-4-11-20/h2-8,10-15H,9,16-19H2,1H3,(H,27,29)(H,28,30). The van der Waals surface area contributed by atoms with Gasteiger partial charge in [-0.2, -0.15) is 0 Å². The molecule has 0 spiro atoms. The lowest BCUT2D eigenvalue weighted by molar-refractivity contribution is 0.0949. The Balaban J connectivity index is 1.67. The van der Waals surface area contributed by atoms with Gasteiger partial charge < -0.3 is 20.1 Å². The van der Waals surface area contributed by atoms with Gasteiger partial charge >= 0.3 is 6.09 Å². The van der Waals surface area contributed by atoms with Gasteiger partial charge in [0.15, 0.2) is 0 Å². The lowest BCUT2D eigenvalue weighted by Gasteiger charge is -2.15. The van der Waals surface area contributed by atoms with Crippen molar-refractivity contribution in [3.8, 4) is 11.1 Å². The molecule has 0 aliphatic carbocycles. The second kappa shape index (κ2) is 12.3. The van der Waals surface area contributed by atoms with Crippen molar-refractivity contribution >= 4 is 12.0 Å². The van der Waals surface area contributed by atoms with Gasteiger partial charge in [-0.05, 0) is 34.7 Å². The first-order valence-electron chi connectivity index (χ1n) is 10.6. The van der Waals surface area contributed by atoms with Crippen molar-refractivity contribution in [1.82, 2.24) is 10.6 Å². The second-order valence-electron chi connectivity index (χ2n) is 7.22. The van der Waals surface area contributed by atoms with Crippen molar-refractivity contribution in [3.05, 3.63) is 95.6 Å². The molecule has 0 aliphatic heterocycles. The van der Waals surface area contributed by atoms with Crippen LogP contribution in [0.15, 0.2) is 78.9 Å². The molecule has 3 aromatic carbocycles. The zero-order valence-corrected chi connectivity index (χ0v) is 18.2. The zero-order chi connectivity index (χ0) is 22.6. The smallest absolute Gasteiger partial charge is 0.407 e. The minimum atomic E-state index is -0.493. The van der Waals surface area contributed by atoms with E-state index in [-0.39, 0.29) is 19.1 Å². The van der Waals surface area contributed by atoms with Crippen molar-refractivity contribution in [2.45, 2.75) is 19.6 Å². The number of amides is 2. The highest BCUT2D eigenvalue weighted by atomic mass is 16.5. The van der Waals surface area contributed by atoms with E-state index < -0.39 is 6.09 Å². The van der Waals surface area contributed by atoms with E-state index in [1.54, 1.807) is 13.2 Å². The van der Waals surface area contributed by atoms with E-state index in [2.05, 4.69) is 10.6 Å². The molecular formula is C26H28N2O4. The average Bonchev–Trinajstić information content (AvgIpc) is 2.85. The number of carbonyl (C=O) groups is 2. The SMILES string of the molecule is COCCCNC(=O)c1ccccc1-c1ccccc1CNC(=O)OCc1ccccc1. The fourth-order valence-electron chi connectivity index (χ4n) is 3.31. The van der Waals surface area contributed by atoms with Crippen LogP contribution in [0.2, 0.25) is 0 Å². The third-order valence-corrected chi connectivity index (χ3v) is 4.93. The number of nitrogens with one attached hydrogen (secondary N) is 2. The monoisotopic (exact) mass is 432 g/mol. The molecule has 0 atom stereocenters. The fraction of sp³-hybridized carbons (Fsp3) is 0.231. The number of hydrogen-bond donors (Lipinski definition) is 2. The molecule has 3 rings (SSSR count). The second-order valence-corrected chi connectivity index (χ2v) is 7.22. The summed E-state index contributed by atoms with van der Waals surface area (Å²) in [4.78, 5) is 24.9. The van der Waals surface area contributed by atoms with Crippen molar-refractivity contribution in [3.63, 3.8) is 0 Å². The van der Waals surface area contributed by atoms with Crippen LogP contribution in [0.4, 0.5) is 4.79 Å². The Hall–Kier alpha value is -3.64. The Morgan fingerprint density at radius 1 is 0.812 bits per heavy atom. The van der Waals surface area contributed by atoms with Gasteiger partial charge in [0.25, 0.3) is 5.91 Å². The highest BCUT2D eigenvalue weighted by molar-refractivity contribution is 6.01. The molecule has 0 heterocycles. The summed E-state index contributed by atoms with van der Waals surface area (Å²) in [6.07, 6.45) is 0.253. The lowest BCUT2D eigenvalue weighted by atomic mass is 9.95. The summed E-state index contributed by atoms with van der Waals surface area (Å²) in [7, 11) is 1.64. The summed E-state index contributed by atoms with van der Waals surface area (Å²) in [5, 5.41) is 5.74. The first kappa shape index (κ1) is 23.0. The fourth-order valence-corrected chi connectivity index (χ4v) is 3.31. The third kappa shape index (κ3) is 6.68. The maximum atomic E-state index is 12.8. The van der Waals surface area contributed by atoms with Gasteiger partial charge in [-0.15, -0.1) is 0 Å². The summed E-state index contributed by atoms with van der Waals surface area (Å²) in [5.41, 5.74) is 4.10. The van der Waals surface area contributed by atoms with Crippen LogP contribution in [0.5, 0.6) is 0 Å². The summed E-state index contributed by atoms with van der Waals surface area (Å²) in [6, 6.07) is 24.7. The van der Waals surface area contributed by atoms with Crippen LogP contribution in [0, 0.1) is 0 Å². The molecule has 0 fully saturated rings. The van der Waals surface area contributed by atoms with Crippen LogP contribution in [0.1, 0.15) is 27.9 Å². The number of benzene rings is 3. The van der Waals surface area contributed by atoms with Crippen molar-refractivity contribution in [1.29, 1.82) is 0 Å². The maximum Gasteiger partial charge on any atom is 0.407 e. The van der Waals surface area contributed by atoms with Gasteiger partial charge in [-0.3, -0.25) is 4.79 Å². The quantitative estimate of drug-likeness (QED) is 0.461. The number of ether oxygens (including phenoxy) is 2. The Morgan fingerprint density at radius 2 is 1.50 bits per heavy atom. The predicted octanol–water partition coefficient (Wildman–Crippen LogP) is 4.55. The highest BCUT2D eigenvalue weighted by Crippen LogP contribution is 2.27. The van der Waals surface area contributed by atoms with Crippen LogP contribution in [-0.2, 0) is 22.6 Å². The number of methoxy groups -OCH3 is 1. The Morgan fingerprint density at radius 3 is 2.28 bits per heavy atom. The third-order valence-electron chi connectivity index (χ3n) is 4.93. The normalized spacial score (nSPS) is 10.4. The molecule has 0 saturated carbocycles. The molecule has 0 aromatic heterocycles. The van der Waals surface area contributed by atoms with Crippen LogP contribution in [-0.4, -0.2) is 32.3 Å². The number of rotatable bonds is 10. The van der Waals surface area contributed by atoms with Gasteiger partial charge in [-0.1, -0.05) is 72.8 Å². The number of carbonyl (C=O) groups excluding carboxylic acids is 2. The summed E-state index contributed by atoms with van der Waals surface area (Å²) in [6.45, 7) is 1.63. The molecule has 0 aliphatic rings. The molecular weight excluding hydrogens is 404 g/mol. The topological polar surface area (TPSA) is 76.7 Å². The van der Waals surface area contributed by atoms with Gasteiger partial charge in [0, 0.05) is 32.4 Å². The van der Waals surface area contributed by atoms with Crippen LogP contribution >= 0.6 is 0 Å². The average molecular weight is 433 g/mol. The van der Waals surface area contributed by atoms with Crippen molar-refractivity contribution in [2.24, 2.45) is 0 Å². The highest BCUT2D eigenvalue weighted by Gasteiger charge is 2.15. The Labute approximate surface area is 188 Å². The molecule has 0 bridgehead atoms. The van der Waals surface area contributed by atoms with Crippen LogP contribution in [0.3, 0.4) is 0 Å². The maximum absolute atomic E-state index is 12.8. The molecule has 6 heteroatoms. The van der Waals surface area contributed by atoms with Gasteiger partial charge in [0.1, 0.15) is 6.61 Å². The molecule has 3 aromatic rings. The molecule has 166 valence electrons. The summed E-state index contributed by atoms with van der Waals surface area (Å²) >= 11 is 0. The van der Waals surface area contributed by atoms with E-state index in [0.717, 1.165) is 28.7 Å². The molecule has 2 amide bonds. The van der Waals surface area contributed by atoms with Gasteiger partial charge in [0.05, 0.1) is 0 Å². The van der Waals surface area contributed by atoms with Crippen molar-refractivity contribution in [2.75, 3.05) is 20.3 Å². The number of hydrogen-bond acceptors (Lipinski definition) is 4. The van der Waals surface area contributed by atoms with E-state index in [1.807, 2.05) is 72.8 Å². The van der Waals surface area contributed by atoms with E-state index in [1.165, 1.54) is 0 Å². The van der Waals surface area contributed by atoms with Crippen LogP contribution < -0.4 is 10.6 Å². The molecule has 6 nitrogen and oxygen atoms in total. The van der Waals surface area contributed by atoms with E-state index in [9.17, 15) is 9.59 Å².